The molecule has 0 fully saturated rings. The third-order valence-corrected chi connectivity index (χ3v) is 4.12. The maximum Gasteiger partial charge on any atom is 0.298 e. The van der Waals surface area contributed by atoms with Gasteiger partial charge in [0, 0.05) is 6.07 Å². The zero-order valence-corrected chi connectivity index (χ0v) is 14.2. The zero-order valence-electron chi connectivity index (χ0n) is 13.3. The molecule has 0 spiro atoms. The van der Waals surface area contributed by atoms with Crippen LogP contribution in [0.1, 0.15) is 5.56 Å². The normalized spacial score (nSPS) is 11.7. The molecule has 0 bridgehead atoms. The maximum absolute atomic E-state index is 11.4. The van der Waals surface area contributed by atoms with Crippen LogP contribution in [0.3, 0.4) is 0 Å². The fourth-order valence-electron chi connectivity index (χ4n) is 2.02. The first kappa shape index (κ1) is 17.7. The first-order chi connectivity index (χ1) is 11.3. The second kappa shape index (κ2) is 6.85. The first-order valence-corrected chi connectivity index (χ1v) is 8.21. The topological polar surface area (TPSA) is 124 Å². The Hall–Kier alpha value is -2.65. The van der Waals surface area contributed by atoms with Crippen LogP contribution in [0.2, 0.25) is 0 Å². The Morgan fingerprint density at radius 2 is 1.71 bits per heavy atom. The number of nitrogen functional groups attached to an aromatic ring is 1. The smallest absolute Gasteiger partial charge is 0.298 e. The molecule has 0 atom stereocenters. The molecule has 0 saturated heterocycles. The summed E-state index contributed by atoms with van der Waals surface area (Å²) >= 11 is 0. The van der Waals surface area contributed by atoms with Gasteiger partial charge in [0.1, 0.15) is 16.4 Å². The van der Waals surface area contributed by atoms with Crippen LogP contribution in [0.15, 0.2) is 45.5 Å². The van der Waals surface area contributed by atoms with E-state index in [0.29, 0.717) is 17.1 Å². The van der Waals surface area contributed by atoms with Crippen LogP contribution in [-0.4, -0.2) is 27.2 Å². The van der Waals surface area contributed by atoms with Crippen LogP contribution in [0.5, 0.6) is 11.5 Å². The average molecular weight is 351 g/mol. The van der Waals surface area contributed by atoms with E-state index in [-0.39, 0.29) is 16.3 Å². The molecule has 0 aliphatic heterocycles. The molecule has 0 saturated carbocycles. The van der Waals surface area contributed by atoms with Gasteiger partial charge in [-0.05, 0) is 36.8 Å². The van der Waals surface area contributed by atoms with Gasteiger partial charge in [0.2, 0.25) is 0 Å². The molecule has 3 N–H and O–H groups in total. The molecule has 0 aromatic heterocycles. The quantitative estimate of drug-likeness (QED) is 0.484. The summed E-state index contributed by atoms with van der Waals surface area (Å²) in [5.41, 5.74) is 7.81. The maximum atomic E-state index is 11.4. The third-order valence-electron chi connectivity index (χ3n) is 3.25. The predicted octanol–water partition coefficient (Wildman–Crippen LogP) is 3.26. The Morgan fingerprint density at radius 3 is 2.29 bits per heavy atom. The number of methoxy groups -OCH3 is 2. The molecule has 0 unspecified atom stereocenters. The van der Waals surface area contributed by atoms with Gasteiger partial charge < -0.3 is 15.2 Å². The number of aryl methyl sites for hydroxylation is 1. The fraction of sp³-hybridized carbons (Fsp3) is 0.200. The lowest BCUT2D eigenvalue weighted by molar-refractivity contribution is 0.397. The minimum atomic E-state index is -4.44. The van der Waals surface area contributed by atoms with E-state index in [1.807, 2.05) is 6.92 Å². The summed E-state index contributed by atoms with van der Waals surface area (Å²) in [5.74, 6) is 0.477. The van der Waals surface area contributed by atoms with Crippen molar-refractivity contribution in [2.45, 2.75) is 11.8 Å². The van der Waals surface area contributed by atoms with E-state index in [2.05, 4.69) is 10.2 Å². The van der Waals surface area contributed by atoms with E-state index < -0.39 is 10.1 Å². The van der Waals surface area contributed by atoms with Crippen molar-refractivity contribution in [2.75, 3.05) is 20.0 Å². The number of benzene rings is 2. The molecule has 24 heavy (non-hydrogen) atoms. The molecule has 2 rings (SSSR count). The van der Waals surface area contributed by atoms with Crippen molar-refractivity contribution >= 4 is 27.2 Å². The monoisotopic (exact) mass is 351 g/mol. The van der Waals surface area contributed by atoms with Gasteiger partial charge in [-0.25, -0.2) is 0 Å². The Bertz CT molecular complexity index is 894. The fourth-order valence-corrected chi connectivity index (χ4v) is 2.70. The van der Waals surface area contributed by atoms with E-state index >= 15 is 0 Å². The van der Waals surface area contributed by atoms with Gasteiger partial charge in [0.05, 0.1) is 31.3 Å². The molecule has 0 radical (unpaired) electrons. The summed E-state index contributed by atoms with van der Waals surface area (Å²) in [5, 5.41) is 8.07. The highest BCUT2D eigenvalue weighted by Gasteiger charge is 2.17. The number of rotatable bonds is 5. The lowest BCUT2D eigenvalue weighted by atomic mass is 10.1. The summed E-state index contributed by atoms with van der Waals surface area (Å²) in [7, 11) is -1.65. The largest absolute Gasteiger partial charge is 0.495 e. The minimum Gasteiger partial charge on any atom is -0.495 e. The highest BCUT2D eigenvalue weighted by Crippen LogP contribution is 2.33. The Kier molecular flexibility index (Phi) is 5.05. The molecular formula is C15H17N3O5S. The molecule has 0 aliphatic rings. The van der Waals surface area contributed by atoms with E-state index in [0.717, 1.165) is 5.56 Å². The number of anilines is 1. The molecular weight excluding hydrogens is 334 g/mol. The molecule has 0 heterocycles. The molecule has 128 valence electrons. The van der Waals surface area contributed by atoms with Gasteiger partial charge in [-0.1, -0.05) is 0 Å². The van der Waals surface area contributed by atoms with Gasteiger partial charge in [0.25, 0.3) is 10.1 Å². The van der Waals surface area contributed by atoms with E-state index in [1.165, 1.54) is 32.4 Å². The zero-order chi connectivity index (χ0) is 17.9. The number of azo groups is 1. The second-order valence-corrected chi connectivity index (χ2v) is 6.28. The minimum absolute atomic E-state index is 0.0155. The highest BCUT2D eigenvalue weighted by atomic mass is 32.2. The molecule has 2 aromatic carbocycles. The molecule has 2 aromatic rings. The van der Waals surface area contributed by atoms with Crippen molar-refractivity contribution in [3.63, 3.8) is 0 Å². The third kappa shape index (κ3) is 3.81. The standard InChI is InChI=1S/C15H17N3O5S/c1-9-6-11(16)14(23-3)8-12(9)18-17-10-4-5-13(22-2)15(7-10)24(19,20)21/h4-8H,16H2,1-3H3,(H,19,20,21). The predicted molar refractivity (Wildman–Crippen MR) is 89.1 cm³/mol. The van der Waals surface area contributed by atoms with E-state index in [1.54, 1.807) is 12.1 Å². The lowest BCUT2D eigenvalue weighted by Crippen LogP contribution is -2.00. The van der Waals surface area contributed by atoms with Crippen LogP contribution in [0.25, 0.3) is 0 Å². The Morgan fingerprint density at radius 1 is 1.04 bits per heavy atom. The van der Waals surface area contributed by atoms with Crippen molar-refractivity contribution in [2.24, 2.45) is 10.2 Å². The summed E-state index contributed by atoms with van der Waals surface area (Å²) in [4.78, 5) is -0.381. The number of ether oxygens (including phenoxy) is 2. The molecule has 0 amide bonds. The van der Waals surface area contributed by atoms with Gasteiger partial charge in [-0.15, -0.1) is 0 Å². The summed E-state index contributed by atoms with van der Waals surface area (Å²) < 4.78 is 42.1. The number of hydrogen-bond donors (Lipinski definition) is 2. The van der Waals surface area contributed by atoms with Crippen molar-refractivity contribution < 1.29 is 22.4 Å². The van der Waals surface area contributed by atoms with E-state index in [9.17, 15) is 13.0 Å². The number of nitrogens with zero attached hydrogens (tertiary/aromatic N) is 2. The van der Waals surface area contributed by atoms with Gasteiger partial charge in [-0.3, -0.25) is 4.55 Å². The molecule has 0 aliphatic carbocycles. The Labute approximate surface area is 139 Å². The van der Waals surface area contributed by atoms with Crippen LogP contribution in [-0.2, 0) is 10.1 Å². The number of hydrogen-bond acceptors (Lipinski definition) is 7. The van der Waals surface area contributed by atoms with Crippen LogP contribution in [0, 0.1) is 6.92 Å². The van der Waals surface area contributed by atoms with Crippen LogP contribution in [0.4, 0.5) is 17.1 Å². The second-order valence-electron chi connectivity index (χ2n) is 4.89. The van der Waals surface area contributed by atoms with Crippen molar-refractivity contribution in [1.29, 1.82) is 0 Å². The van der Waals surface area contributed by atoms with Crippen LogP contribution < -0.4 is 15.2 Å². The summed E-state index contributed by atoms with van der Waals surface area (Å²) in [6, 6.07) is 7.39. The van der Waals surface area contributed by atoms with Gasteiger partial charge >= 0.3 is 0 Å². The highest BCUT2D eigenvalue weighted by molar-refractivity contribution is 7.86. The van der Waals surface area contributed by atoms with Gasteiger partial charge in [0.15, 0.2) is 0 Å². The Balaban J connectivity index is 2.43. The van der Waals surface area contributed by atoms with Gasteiger partial charge in [-0.2, -0.15) is 18.6 Å². The summed E-state index contributed by atoms with van der Waals surface area (Å²) in [6.07, 6.45) is 0. The summed E-state index contributed by atoms with van der Waals surface area (Å²) in [6.45, 7) is 1.81. The van der Waals surface area contributed by atoms with E-state index in [4.69, 9.17) is 15.2 Å². The van der Waals surface area contributed by atoms with Crippen molar-refractivity contribution in [1.82, 2.24) is 0 Å². The van der Waals surface area contributed by atoms with Crippen molar-refractivity contribution in [3.8, 4) is 11.5 Å². The average Bonchev–Trinajstić information content (AvgIpc) is 2.53. The number of nitrogens with two attached hydrogens (primary N) is 1. The SMILES string of the molecule is COc1cc(N=Nc2ccc(OC)c(S(=O)(=O)O)c2)c(C)cc1N. The van der Waals surface area contributed by atoms with Crippen molar-refractivity contribution in [3.05, 3.63) is 35.9 Å². The van der Waals surface area contributed by atoms with Crippen LogP contribution >= 0.6 is 0 Å². The molecule has 8 nitrogen and oxygen atoms in total. The lowest BCUT2D eigenvalue weighted by Gasteiger charge is -2.08. The first-order valence-electron chi connectivity index (χ1n) is 6.77. The molecule has 9 heteroatoms.